The van der Waals surface area contributed by atoms with Gasteiger partial charge in [0, 0.05) is 18.2 Å². The number of aliphatic carboxylic acids is 1. The van der Waals surface area contributed by atoms with Crippen molar-refractivity contribution in [2.24, 2.45) is 5.92 Å². The van der Waals surface area contributed by atoms with Crippen LogP contribution >= 0.6 is 11.3 Å². The van der Waals surface area contributed by atoms with Crippen molar-refractivity contribution in [3.05, 3.63) is 40.9 Å². The molecule has 1 saturated heterocycles. The van der Waals surface area contributed by atoms with Crippen LogP contribution in [0.1, 0.15) is 28.7 Å². The second-order valence-corrected chi connectivity index (χ2v) is 6.77. The summed E-state index contributed by atoms with van der Waals surface area (Å²) in [5.74, 6) is -1.43. The molecule has 23 heavy (non-hydrogen) atoms. The van der Waals surface area contributed by atoms with Crippen LogP contribution < -0.4 is 0 Å². The highest BCUT2D eigenvalue weighted by Crippen LogP contribution is 2.32. The van der Waals surface area contributed by atoms with Gasteiger partial charge in [0.1, 0.15) is 9.88 Å². The lowest BCUT2D eigenvalue weighted by atomic mass is 10.0. The van der Waals surface area contributed by atoms with Gasteiger partial charge in [0.15, 0.2) is 0 Å². The highest BCUT2D eigenvalue weighted by Gasteiger charge is 2.39. The summed E-state index contributed by atoms with van der Waals surface area (Å²) >= 11 is 1.37. The maximum Gasteiger partial charge on any atom is 0.308 e. The molecule has 5 nitrogen and oxygen atoms in total. The number of rotatable bonds is 3. The Kier molecular flexibility index (Phi) is 4.17. The van der Waals surface area contributed by atoms with Crippen LogP contribution in [0.15, 0.2) is 30.3 Å². The molecule has 0 spiro atoms. The molecule has 0 aliphatic carbocycles. The first-order chi connectivity index (χ1) is 11.0. The number of thiazole rings is 1. The summed E-state index contributed by atoms with van der Waals surface area (Å²) in [7, 11) is 0. The first kappa shape index (κ1) is 15.7. The molecular weight excluding hydrogens is 312 g/mol. The van der Waals surface area contributed by atoms with Crippen molar-refractivity contribution in [3.8, 4) is 10.6 Å². The Balaban J connectivity index is 1.87. The first-order valence-corrected chi connectivity index (χ1v) is 8.37. The van der Waals surface area contributed by atoms with E-state index in [9.17, 15) is 14.7 Å². The van der Waals surface area contributed by atoms with E-state index in [1.165, 1.54) is 11.3 Å². The largest absolute Gasteiger partial charge is 0.481 e. The third-order valence-corrected chi connectivity index (χ3v) is 5.54. The number of benzene rings is 1. The average Bonchev–Trinajstić information content (AvgIpc) is 3.11. The Hall–Kier alpha value is -2.21. The summed E-state index contributed by atoms with van der Waals surface area (Å²) in [6, 6.07) is 9.45. The molecule has 1 N–H and O–H groups in total. The second kappa shape index (κ2) is 6.12. The third-order valence-electron chi connectivity index (χ3n) is 4.34. The van der Waals surface area contributed by atoms with Crippen molar-refractivity contribution >= 4 is 23.2 Å². The molecule has 2 heterocycles. The number of aryl methyl sites for hydroxylation is 1. The maximum atomic E-state index is 12.8. The highest BCUT2D eigenvalue weighted by atomic mass is 32.1. The topological polar surface area (TPSA) is 70.5 Å². The number of hydrogen-bond donors (Lipinski definition) is 1. The second-order valence-electron chi connectivity index (χ2n) is 5.77. The Bertz CT molecular complexity index is 742. The van der Waals surface area contributed by atoms with E-state index in [1.54, 1.807) is 11.8 Å². The molecule has 1 aliphatic heterocycles. The Morgan fingerprint density at radius 1 is 1.30 bits per heavy atom. The number of hydrogen-bond acceptors (Lipinski definition) is 4. The first-order valence-electron chi connectivity index (χ1n) is 7.55. The van der Waals surface area contributed by atoms with Crippen LogP contribution in [0, 0.1) is 12.8 Å². The predicted octanol–water partition coefficient (Wildman–Crippen LogP) is 3.05. The smallest absolute Gasteiger partial charge is 0.308 e. The number of carboxylic acid groups (broad SMARTS) is 1. The minimum absolute atomic E-state index is 0.113. The molecule has 6 heteroatoms. The predicted molar refractivity (Wildman–Crippen MR) is 88.5 cm³/mol. The van der Waals surface area contributed by atoms with Gasteiger partial charge in [-0.05, 0) is 20.3 Å². The molecule has 2 unspecified atom stereocenters. The fourth-order valence-corrected chi connectivity index (χ4v) is 4.01. The Labute approximate surface area is 138 Å². The van der Waals surface area contributed by atoms with Crippen molar-refractivity contribution in [2.45, 2.75) is 26.3 Å². The summed E-state index contributed by atoms with van der Waals surface area (Å²) in [4.78, 5) is 30.8. The van der Waals surface area contributed by atoms with Gasteiger partial charge in [0.2, 0.25) is 0 Å². The number of amides is 1. The monoisotopic (exact) mass is 330 g/mol. The van der Waals surface area contributed by atoms with Gasteiger partial charge in [-0.1, -0.05) is 30.3 Å². The van der Waals surface area contributed by atoms with E-state index >= 15 is 0 Å². The van der Waals surface area contributed by atoms with Gasteiger partial charge in [-0.3, -0.25) is 9.59 Å². The molecular formula is C17H18N2O3S. The van der Waals surface area contributed by atoms with Crippen LogP contribution in [0.5, 0.6) is 0 Å². The molecule has 1 fully saturated rings. The van der Waals surface area contributed by atoms with Gasteiger partial charge in [0.25, 0.3) is 5.91 Å². The zero-order valence-electron chi connectivity index (χ0n) is 13.0. The van der Waals surface area contributed by atoms with Gasteiger partial charge in [-0.25, -0.2) is 4.98 Å². The van der Waals surface area contributed by atoms with Crippen LogP contribution in [0.25, 0.3) is 10.6 Å². The molecule has 0 radical (unpaired) electrons. The molecule has 0 saturated carbocycles. The fraction of sp³-hybridized carbons (Fsp3) is 0.353. The van der Waals surface area contributed by atoms with Gasteiger partial charge in [0.05, 0.1) is 11.6 Å². The number of likely N-dealkylation sites (tertiary alicyclic amines) is 1. The minimum atomic E-state index is -0.834. The Morgan fingerprint density at radius 2 is 2.00 bits per heavy atom. The maximum absolute atomic E-state index is 12.8. The summed E-state index contributed by atoms with van der Waals surface area (Å²) < 4.78 is 0. The van der Waals surface area contributed by atoms with Gasteiger partial charge in [-0.2, -0.15) is 0 Å². The quantitative estimate of drug-likeness (QED) is 0.939. The Morgan fingerprint density at radius 3 is 2.61 bits per heavy atom. The summed E-state index contributed by atoms with van der Waals surface area (Å²) in [6.45, 7) is 4.11. The van der Waals surface area contributed by atoms with Crippen molar-refractivity contribution in [3.63, 3.8) is 0 Å². The molecule has 0 bridgehead atoms. The summed E-state index contributed by atoms with van der Waals surface area (Å²) in [6.07, 6.45) is 0.506. The van der Waals surface area contributed by atoms with Crippen molar-refractivity contribution in [2.75, 3.05) is 6.54 Å². The molecule has 120 valence electrons. The SMILES string of the molecule is Cc1nc(-c2ccccc2)sc1C(=O)N1CCC(C(=O)O)C1C. The zero-order valence-corrected chi connectivity index (χ0v) is 13.8. The van der Waals surface area contributed by atoms with Crippen LogP contribution in [-0.4, -0.2) is 39.5 Å². The van der Waals surface area contributed by atoms with E-state index in [1.807, 2.05) is 37.3 Å². The molecule has 3 rings (SSSR count). The van der Waals surface area contributed by atoms with E-state index in [-0.39, 0.29) is 11.9 Å². The number of carbonyl (C=O) groups excluding carboxylic acids is 1. The number of nitrogens with zero attached hydrogens (tertiary/aromatic N) is 2. The number of carbonyl (C=O) groups is 2. The summed E-state index contributed by atoms with van der Waals surface area (Å²) in [5, 5.41) is 10.0. The number of carboxylic acids is 1. The van der Waals surface area contributed by atoms with Crippen LogP contribution in [0.4, 0.5) is 0 Å². The molecule has 1 aliphatic rings. The molecule has 2 aromatic rings. The van der Waals surface area contributed by atoms with E-state index in [4.69, 9.17) is 0 Å². The van der Waals surface area contributed by atoms with Crippen LogP contribution in [0.3, 0.4) is 0 Å². The zero-order chi connectivity index (χ0) is 16.6. The van der Waals surface area contributed by atoms with Crippen molar-refractivity contribution in [1.82, 2.24) is 9.88 Å². The van der Waals surface area contributed by atoms with E-state index in [0.717, 1.165) is 10.6 Å². The lowest BCUT2D eigenvalue weighted by molar-refractivity contribution is -0.142. The lowest BCUT2D eigenvalue weighted by Gasteiger charge is -2.22. The van der Waals surface area contributed by atoms with Crippen molar-refractivity contribution < 1.29 is 14.7 Å². The van der Waals surface area contributed by atoms with Crippen LogP contribution in [-0.2, 0) is 4.79 Å². The standard InChI is InChI=1S/C17H18N2O3S/c1-10-14(23-15(18-10)12-6-4-3-5-7-12)16(20)19-9-8-13(11(19)2)17(21)22/h3-7,11,13H,8-9H2,1-2H3,(H,21,22). The third kappa shape index (κ3) is 2.86. The molecule has 1 aromatic heterocycles. The molecule has 1 aromatic carbocycles. The van der Waals surface area contributed by atoms with Gasteiger partial charge in [-0.15, -0.1) is 11.3 Å². The van der Waals surface area contributed by atoms with Gasteiger partial charge < -0.3 is 10.0 Å². The van der Waals surface area contributed by atoms with Crippen LogP contribution in [0.2, 0.25) is 0 Å². The normalized spacial score (nSPS) is 20.7. The highest BCUT2D eigenvalue weighted by molar-refractivity contribution is 7.17. The number of aromatic nitrogens is 1. The van der Waals surface area contributed by atoms with E-state index < -0.39 is 11.9 Å². The van der Waals surface area contributed by atoms with E-state index in [0.29, 0.717) is 23.5 Å². The molecule has 2 atom stereocenters. The molecule has 1 amide bonds. The lowest BCUT2D eigenvalue weighted by Crippen LogP contribution is -2.37. The van der Waals surface area contributed by atoms with Crippen molar-refractivity contribution in [1.29, 1.82) is 0 Å². The summed E-state index contributed by atoms with van der Waals surface area (Å²) in [5.41, 5.74) is 1.68. The van der Waals surface area contributed by atoms with Gasteiger partial charge >= 0.3 is 5.97 Å². The average molecular weight is 330 g/mol. The minimum Gasteiger partial charge on any atom is -0.481 e. The van der Waals surface area contributed by atoms with E-state index in [2.05, 4.69) is 4.98 Å². The fourth-order valence-electron chi connectivity index (χ4n) is 2.99.